The molecule has 3 rings (SSSR count). The molecule has 0 saturated heterocycles. The Hall–Kier alpha value is -2.75. The molecule has 1 heterocycles. The second-order valence-corrected chi connectivity index (χ2v) is 7.05. The summed E-state index contributed by atoms with van der Waals surface area (Å²) in [4.78, 5) is 2.27. The first kappa shape index (κ1) is 18.1. The van der Waals surface area contributed by atoms with Crippen molar-refractivity contribution in [1.29, 1.82) is 0 Å². The van der Waals surface area contributed by atoms with E-state index in [0.717, 1.165) is 17.2 Å². The molecule has 1 aliphatic rings. The van der Waals surface area contributed by atoms with Gasteiger partial charge in [-0.15, -0.1) is 0 Å². The first-order chi connectivity index (χ1) is 12.4. The highest BCUT2D eigenvalue weighted by Crippen LogP contribution is 2.46. The van der Waals surface area contributed by atoms with E-state index >= 15 is 0 Å². The summed E-state index contributed by atoms with van der Waals surface area (Å²) in [5.41, 5.74) is 4.83. The van der Waals surface area contributed by atoms with Crippen LogP contribution < -0.4 is 14.4 Å². The lowest BCUT2D eigenvalue weighted by Crippen LogP contribution is -2.23. The minimum atomic E-state index is -0.0350. The predicted octanol–water partition coefficient (Wildman–Crippen LogP) is 4.36. The van der Waals surface area contributed by atoms with Crippen LogP contribution in [0.3, 0.4) is 0 Å². The maximum absolute atomic E-state index is 5.52. The maximum atomic E-state index is 5.52. The van der Waals surface area contributed by atoms with Crippen LogP contribution in [0.2, 0.25) is 0 Å². The van der Waals surface area contributed by atoms with E-state index in [9.17, 15) is 0 Å². The Morgan fingerprint density at radius 3 is 2.42 bits per heavy atom. The smallest absolute Gasteiger partial charge is 0.247 e. The molecular formula is C22H27N2O2+. The molecule has 0 atom stereocenters. The molecule has 0 unspecified atom stereocenters. The van der Waals surface area contributed by atoms with Gasteiger partial charge in [0.15, 0.2) is 12.0 Å². The van der Waals surface area contributed by atoms with Crippen molar-refractivity contribution < 1.29 is 14.0 Å². The van der Waals surface area contributed by atoms with Crippen LogP contribution >= 0.6 is 0 Å². The molecule has 0 N–H and O–H groups in total. The topological polar surface area (TPSA) is 24.7 Å². The highest BCUT2D eigenvalue weighted by molar-refractivity contribution is 5.77. The number of methoxy groups -OCH3 is 2. The summed E-state index contributed by atoms with van der Waals surface area (Å²) in [6, 6.07) is 14.4. The zero-order valence-electron chi connectivity index (χ0n) is 16.4. The van der Waals surface area contributed by atoms with Crippen LogP contribution in [0.25, 0.3) is 0 Å². The van der Waals surface area contributed by atoms with Gasteiger partial charge in [-0.1, -0.05) is 32.0 Å². The van der Waals surface area contributed by atoms with Gasteiger partial charge in [-0.2, -0.15) is 4.58 Å². The highest BCUT2D eigenvalue weighted by atomic mass is 16.5. The first-order valence-electron chi connectivity index (χ1n) is 8.74. The lowest BCUT2D eigenvalue weighted by molar-refractivity contribution is -0.399. The van der Waals surface area contributed by atoms with Crippen molar-refractivity contribution in [2.75, 3.05) is 33.2 Å². The third-order valence-corrected chi connectivity index (χ3v) is 5.16. The Kier molecular flexibility index (Phi) is 4.77. The molecule has 0 bridgehead atoms. The van der Waals surface area contributed by atoms with Crippen molar-refractivity contribution in [3.8, 4) is 11.5 Å². The summed E-state index contributed by atoms with van der Waals surface area (Å²) in [6.07, 6.45) is 4.27. The van der Waals surface area contributed by atoms with Gasteiger partial charge in [0.1, 0.15) is 12.8 Å². The quantitative estimate of drug-likeness (QED) is 0.604. The SMILES string of the molecule is COc1ccc([N+](C)=CC=C2N(C)c3ccccc3C2(C)C)c(OC)c1. The molecule has 4 nitrogen and oxygen atoms in total. The molecule has 0 spiro atoms. The van der Waals surface area contributed by atoms with Crippen LogP contribution in [0.5, 0.6) is 11.5 Å². The summed E-state index contributed by atoms with van der Waals surface area (Å²) < 4.78 is 12.9. The van der Waals surface area contributed by atoms with E-state index in [1.54, 1.807) is 14.2 Å². The number of benzene rings is 2. The third-order valence-electron chi connectivity index (χ3n) is 5.16. The molecule has 136 valence electrons. The molecule has 4 heteroatoms. The van der Waals surface area contributed by atoms with Gasteiger partial charge in [-0.3, -0.25) is 0 Å². The van der Waals surface area contributed by atoms with Crippen LogP contribution in [0.1, 0.15) is 19.4 Å². The number of nitrogens with zero attached hydrogens (tertiary/aromatic N) is 2. The Morgan fingerprint density at radius 2 is 1.77 bits per heavy atom. The number of allylic oxidation sites excluding steroid dienone is 2. The minimum Gasteiger partial charge on any atom is -0.497 e. The Morgan fingerprint density at radius 1 is 1.04 bits per heavy atom. The fourth-order valence-corrected chi connectivity index (χ4v) is 3.64. The fraction of sp³-hybridized carbons (Fsp3) is 0.318. The summed E-state index contributed by atoms with van der Waals surface area (Å²) in [6.45, 7) is 4.53. The van der Waals surface area contributed by atoms with Gasteiger partial charge in [0.25, 0.3) is 0 Å². The largest absolute Gasteiger partial charge is 0.497 e. The molecule has 0 aromatic heterocycles. The average molecular weight is 351 g/mol. The zero-order valence-corrected chi connectivity index (χ0v) is 16.4. The summed E-state index contributed by atoms with van der Waals surface area (Å²) in [5.74, 6) is 1.56. The molecular weight excluding hydrogens is 324 g/mol. The van der Waals surface area contributed by atoms with Crippen molar-refractivity contribution in [3.63, 3.8) is 0 Å². The number of anilines is 1. The van der Waals surface area contributed by atoms with Crippen LogP contribution in [0, 0.1) is 0 Å². The Bertz CT molecular complexity index is 881. The lowest BCUT2D eigenvalue weighted by atomic mass is 9.84. The van der Waals surface area contributed by atoms with Crippen molar-refractivity contribution in [3.05, 3.63) is 59.8 Å². The molecule has 0 fully saturated rings. The van der Waals surface area contributed by atoms with Gasteiger partial charge in [-0.05, 0) is 17.7 Å². The van der Waals surface area contributed by atoms with E-state index in [0.29, 0.717) is 0 Å². The Labute approximate surface area is 156 Å². The van der Waals surface area contributed by atoms with Gasteiger partial charge in [0.05, 0.1) is 14.2 Å². The van der Waals surface area contributed by atoms with Crippen LogP contribution in [0.15, 0.2) is 54.2 Å². The van der Waals surface area contributed by atoms with Crippen molar-refractivity contribution in [1.82, 2.24) is 0 Å². The van der Waals surface area contributed by atoms with E-state index in [-0.39, 0.29) is 5.41 Å². The lowest BCUT2D eigenvalue weighted by Gasteiger charge is -2.23. The summed E-state index contributed by atoms with van der Waals surface area (Å²) in [7, 11) is 7.48. The summed E-state index contributed by atoms with van der Waals surface area (Å²) >= 11 is 0. The molecule has 26 heavy (non-hydrogen) atoms. The molecule has 2 aromatic rings. The van der Waals surface area contributed by atoms with Gasteiger partial charge < -0.3 is 14.4 Å². The molecule has 0 amide bonds. The molecule has 2 aromatic carbocycles. The fourth-order valence-electron chi connectivity index (χ4n) is 3.64. The van der Waals surface area contributed by atoms with Gasteiger partial charge in [0.2, 0.25) is 5.69 Å². The van der Waals surface area contributed by atoms with Gasteiger partial charge in [-0.25, -0.2) is 0 Å². The molecule has 0 aliphatic carbocycles. The number of para-hydroxylation sites is 1. The van der Waals surface area contributed by atoms with Crippen molar-refractivity contribution >= 4 is 17.6 Å². The second kappa shape index (κ2) is 6.87. The van der Waals surface area contributed by atoms with Crippen molar-refractivity contribution in [2.45, 2.75) is 19.3 Å². The Balaban J connectivity index is 1.99. The zero-order chi connectivity index (χ0) is 18.9. The standard InChI is InChI=1S/C22H27N2O2/c1-22(2)17-9-7-8-10-18(17)24(4)21(22)13-14-23(3)19-12-11-16(25-5)15-20(19)26-6/h7-15H,1-6H3/q+1. The van der Waals surface area contributed by atoms with Crippen LogP contribution in [-0.4, -0.2) is 39.1 Å². The second-order valence-electron chi connectivity index (χ2n) is 7.05. The van der Waals surface area contributed by atoms with E-state index < -0.39 is 0 Å². The third kappa shape index (κ3) is 2.96. The number of hydrogen-bond acceptors (Lipinski definition) is 3. The van der Waals surface area contributed by atoms with Crippen LogP contribution in [-0.2, 0) is 5.41 Å². The minimum absolute atomic E-state index is 0.0350. The van der Waals surface area contributed by atoms with Crippen LogP contribution in [0.4, 0.5) is 11.4 Å². The predicted molar refractivity (Wildman–Crippen MR) is 107 cm³/mol. The molecule has 1 aliphatic heterocycles. The number of hydrogen-bond donors (Lipinski definition) is 0. The van der Waals surface area contributed by atoms with E-state index in [4.69, 9.17) is 9.47 Å². The number of fused-ring (bicyclic) bond motifs is 1. The monoisotopic (exact) mass is 351 g/mol. The van der Waals surface area contributed by atoms with Gasteiger partial charge >= 0.3 is 0 Å². The van der Waals surface area contributed by atoms with E-state index in [1.807, 2.05) is 25.2 Å². The average Bonchev–Trinajstić information content (AvgIpc) is 2.85. The molecule has 0 saturated carbocycles. The van der Waals surface area contributed by atoms with Gasteiger partial charge in [0, 0.05) is 42.1 Å². The highest BCUT2D eigenvalue weighted by Gasteiger charge is 2.38. The maximum Gasteiger partial charge on any atom is 0.247 e. The summed E-state index contributed by atoms with van der Waals surface area (Å²) in [5, 5.41) is 0. The number of rotatable bonds is 4. The van der Waals surface area contributed by atoms with E-state index in [1.165, 1.54) is 16.9 Å². The number of likely N-dealkylation sites (N-methyl/N-ethyl adjacent to an activating group) is 1. The number of ether oxygens (including phenoxy) is 2. The van der Waals surface area contributed by atoms with Crippen molar-refractivity contribution in [2.24, 2.45) is 0 Å². The first-order valence-corrected chi connectivity index (χ1v) is 8.74. The normalized spacial score (nSPS) is 17.4. The molecule has 0 radical (unpaired) electrons. The van der Waals surface area contributed by atoms with E-state index in [2.05, 4.69) is 66.9 Å².